The van der Waals surface area contributed by atoms with Gasteiger partial charge in [0.2, 0.25) is 0 Å². The van der Waals surface area contributed by atoms with Gasteiger partial charge in [0.05, 0.1) is 0 Å². The van der Waals surface area contributed by atoms with Crippen molar-refractivity contribution in [2.75, 3.05) is 0 Å². The molecule has 2 radical (unpaired) electrons. The van der Waals surface area contributed by atoms with Crippen LogP contribution in [0.5, 0.6) is 0 Å². The van der Waals surface area contributed by atoms with Crippen LogP contribution in [0.3, 0.4) is 0 Å². The number of carboxylic acid groups (broad SMARTS) is 1. The van der Waals surface area contributed by atoms with Gasteiger partial charge in [-0.3, -0.25) is 4.79 Å². The van der Waals surface area contributed by atoms with E-state index in [1.54, 1.807) is 16.6 Å². The van der Waals surface area contributed by atoms with Crippen LogP contribution in [0, 0.1) is 0 Å². The first-order valence-electron chi connectivity index (χ1n) is 2.94. The summed E-state index contributed by atoms with van der Waals surface area (Å²) < 4.78 is 4.18. The molecular formula is C5H11AlNNaO6. The minimum atomic E-state index is -1.22. The average molecular weight is 231 g/mol. The van der Waals surface area contributed by atoms with Crippen molar-refractivity contribution in [2.45, 2.75) is 18.9 Å². The van der Waals surface area contributed by atoms with Crippen molar-refractivity contribution in [1.82, 2.24) is 0 Å². The Morgan fingerprint density at radius 3 is 2.14 bits per heavy atom. The van der Waals surface area contributed by atoms with Crippen molar-refractivity contribution in [1.29, 1.82) is 0 Å². The SMILES string of the molecule is N[C@@H](CCC(=O)[O-])C(=O)[O][Al].O.O.[Na+]. The minimum absolute atomic E-state index is 0. The molecule has 0 saturated carbocycles. The second kappa shape index (κ2) is 13.4. The van der Waals surface area contributed by atoms with Crippen LogP contribution >= 0.6 is 0 Å². The third-order valence-electron chi connectivity index (χ3n) is 1.08. The summed E-state index contributed by atoms with van der Waals surface area (Å²) in [7, 11) is 0. The number of carboxylic acids is 1. The monoisotopic (exact) mass is 231 g/mol. The average Bonchev–Trinajstić information content (AvgIpc) is 1.98. The minimum Gasteiger partial charge on any atom is -0.627 e. The fourth-order valence-corrected chi connectivity index (χ4v) is 0.653. The molecule has 7 nitrogen and oxygen atoms in total. The van der Waals surface area contributed by atoms with Crippen LogP contribution in [0.1, 0.15) is 12.8 Å². The van der Waals surface area contributed by atoms with Gasteiger partial charge in [-0.05, 0) is 12.8 Å². The number of carbonyl (C=O) groups excluding carboxylic acids is 2. The predicted octanol–water partition coefficient (Wildman–Crippen LogP) is -7.17. The quantitative estimate of drug-likeness (QED) is 0.475. The Balaban J connectivity index is -0.000000167. The molecule has 14 heavy (non-hydrogen) atoms. The van der Waals surface area contributed by atoms with Crippen molar-refractivity contribution in [2.24, 2.45) is 5.73 Å². The van der Waals surface area contributed by atoms with Gasteiger partial charge in [-0.15, -0.1) is 0 Å². The molecule has 0 bridgehead atoms. The molecular weight excluding hydrogens is 220 g/mol. The summed E-state index contributed by atoms with van der Waals surface area (Å²) in [5.74, 6) is -1.87. The van der Waals surface area contributed by atoms with Gasteiger partial charge < -0.3 is 30.4 Å². The molecule has 0 aliphatic heterocycles. The van der Waals surface area contributed by atoms with Crippen LogP contribution in [-0.4, -0.2) is 45.6 Å². The van der Waals surface area contributed by atoms with E-state index in [0.29, 0.717) is 0 Å². The molecule has 0 rings (SSSR count). The van der Waals surface area contributed by atoms with E-state index in [-0.39, 0.29) is 53.4 Å². The van der Waals surface area contributed by atoms with Gasteiger partial charge in [-0.2, -0.15) is 0 Å². The molecule has 76 valence electrons. The summed E-state index contributed by atoms with van der Waals surface area (Å²) in [5, 5.41) is 9.89. The zero-order valence-corrected chi connectivity index (χ0v) is 10.9. The Bertz CT molecular complexity index is 168. The molecule has 0 amide bonds. The van der Waals surface area contributed by atoms with Crippen LogP contribution in [0.4, 0.5) is 0 Å². The molecule has 0 aliphatic rings. The molecule has 0 aromatic rings. The number of hydrogen-bond acceptors (Lipinski definition) is 5. The molecule has 0 heterocycles. The maximum atomic E-state index is 10.5. The van der Waals surface area contributed by atoms with E-state index in [1.807, 2.05) is 0 Å². The van der Waals surface area contributed by atoms with Crippen LogP contribution < -0.4 is 40.4 Å². The molecule has 0 aliphatic carbocycles. The van der Waals surface area contributed by atoms with Crippen LogP contribution in [0.2, 0.25) is 0 Å². The largest absolute Gasteiger partial charge is 1.00 e. The maximum Gasteiger partial charge on any atom is 1.00 e. The summed E-state index contributed by atoms with van der Waals surface area (Å²) in [5.41, 5.74) is 5.20. The standard InChI is InChI=1S/C5H9NO4.Al.Na.2H2O/c6-3(5(9)10)1-2-4(7)8;;;;/h3H,1-2,6H2,(H,7,8)(H,9,10);;;2*1H2/q;2*+1;;/p-2/t3-;;;;/m0..../s1. The van der Waals surface area contributed by atoms with Gasteiger partial charge in [0, 0.05) is 5.97 Å². The van der Waals surface area contributed by atoms with E-state index >= 15 is 0 Å². The molecule has 1 atom stereocenters. The Morgan fingerprint density at radius 1 is 1.43 bits per heavy atom. The topological polar surface area (TPSA) is 155 Å². The molecule has 0 fully saturated rings. The number of carbonyl (C=O) groups is 2. The molecule has 0 unspecified atom stereocenters. The number of aliphatic carboxylic acids is 1. The number of nitrogens with two attached hydrogens (primary N) is 1. The smallest absolute Gasteiger partial charge is 0.627 e. The predicted molar refractivity (Wildman–Crippen MR) is 41.3 cm³/mol. The first kappa shape index (κ1) is 23.9. The van der Waals surface area contributed by atoms with Crippen molar-refractivity contribution in [3.05, 3.63) is 0 Å². The Hall–Kier alpha value is 0.352. The summed E-state index contributed by atoms with van der Waals surface area (Å²) in [6.45, 7) is 0. The van der Waals surface area contributed by atoms with Crippen LogP contribution in [0.15, 0.2) is 0 Å². The van der Waals surface area contributed by atoms with Gasteiger partial charge in [0.1, 0.15) is 6.04 Å². The Morgan fingerprint density at radius 2 is 1.86 bits per heavy atom. The zero-order chi connectivity index (χ0) is 8.85. The zero-order valence-electron chi connectivity index (χ0n) is 7.78. The van der Waals surface area contributed by atoms with Crippen molar-refractivity contribution >= 4 is 28.6 Å². The van der Waals surface area contributed by atoms with Gasteiger partial charge in [0.15, 0.2) is 0 Å². The second-order valence-corrected chi connectivity index (χ2v) is 2.19. The first-order valence-corrected chi connectivity index (χ1v) is 3.41. The third kappa shape index (κ3) is 12.4. The third-order valence-corrected chi connectivity index (χ3v) is 1.31. The normalized spacial score (nSPS) is 9.50. The molecule has 6 N–H and O–H groups in total. The maximum absolute atomic E-state index is 10.5. The van der Waals surface area contributed by atoms with Gasteiger partial charge in [-0.25, -0.2) is 0 Å². The van der Waals surface area contributed by atoms with Crippen molar-refractivity contribution < 1.29 is 59.0 Å². The summed E-state index contributed by atoms with van der Waals surface area (Å²) in [4.78, 5) is 20.4. The van der Waals surface area contributed by atoms with Crippen LogP contribution in [-0.2, 0) is 13.4 Å². The second-order valence-electron chi connectivity index (χ2n) is 1.95. The molecule has 0 aromatic heterocycles. The van der Waals surface area contributed by atoms with Gasteiger partial charge >= 0.3 is 46.2 Å². The summed E-state index contributed by atoms with van der Waals surface area (Å²) in [6.07, 6.45) is -0.198. The summed E-state index contributed by atoms with van der Waals surface area (Å²) >= 11 is 1.74. The van der Waals surface area contributed by atoms with Crippen LogP contribution in [0.25, 0.3) is 0 Å². The Labute approximate surface area is 112 Å². The van der Waals surface area contributed by atoms with E-state index in [4.69, 9.17) is 5.73 Å². The molecule has 9 heteroatoms. The van der Waals surface area contributed by atoms with Gasteiger partial charge in [-0.1, -0.05) is 0 Å². The first-order chi connectivity index (χ1) is 5.07. The van der Waals surface area contributed by atoms with Crippen molar-refractivity contribution in [3.8, 4) is 0 Å². The van der Waals surface area contributed by atoms with Crippen molar-refractivity contribution in [3.63, 3.8) is 0 Å². The van der Waals surface area contributed by atoms with E-state index in [9.17, 15) is 14.7 Å². The Kier molecular flexibility index (Phi) is 22.8. The van der Waals surface area contributed by atoms with E-state index in [0.717, 1.165) is 0 Å². The summed E-state index contributed by atoms with van der Waals surface area (Å²) in [6, 6.07) is -0.884. The number of hydrogen-bond donors (Lipinski definition) is 1. The molecule has 0 saturated heterocycles. The number of rotatable bonds is 4. The van der Waals surface area contributed by atoms with Gasteiger partial charge in [0.25, 0.3) is 5.97 Å². The molecule has 0 spiro atoms. The van der Waals surface area contributed by atoms with E-state index in [2.05, 4.69) is 3.79 Å². The van der Waals surface area contributed by atoms with E-state index in [1.165, 1.54) is 0 Å². The fourth-order valence-electron chi connectivity index (χ4n) is 0.479. The molecule has 0 aromatic carbocycles. The van der Waals surface area contributed by atoms with E-state index < -0.39 is 18.0 Å². The fraction of sp³-hybridized carbons (Fsp3) is 0.600.